The lowest BCUT2D eigenvalue weighted by molar-refractivity contribution is 0.0683. The number of nitrogen functional groups attached to an aromatic ring is 1. The van der Waals surface area contributed by atoms with Crippen LogP contribution in [0.5, 0.6) is 0 Å². The van der Waals surface area contributed by atoms with Gasteiger partial charge in [-0.2, -0.15) is 5.10 Å². The van der Waals surface area contributed by atoms with Crippen molar-refractivity contribution < 1.29 is 9.53 Å². The first-order valence-corrected chi connectivity index (χ1v) is 7.25. The van der Waals surface area contributed by atoms with Crippen molar-refractivity contribution in [2.24, 2.45) is 0 Å². The van der Waals surface area contributed by atoms with Crippen molar-refractivity contribution in [3.63, 3.8) is 0 Å². The molecule has 0 unspecified atom stereocenters. The molecular weight excluding hydrogens is 270 g/mol. The SMILES string of the molecule is CCn1cc(N)c(C(=O)N(CCCN(C)C)CCOC)n1. The van der Waals surface area contributed by atoms with E-state index in [0.29, 0.717) is 37.6 Å². The van der Waals surface area contributed by atoms with E-state index in [-0.39, 0.29) is 5.91 Å². The lowest BCUT2D eigenvalue weighted by Crippen LogP contribution is -2.36. The van der Waals surface area contributed by atoms with Gasteiger partial charge in [0.1, 0.15) is 0 Å². The molecule has 0 radical (unpaired) electrons. The molecule has 0 aliphatic heterocycles. The Morgan fingerprint density at radius 2 is 2.10 bits per heavy atom. The van der Waals surface area contributed by atoms with Crippen LogP contribution < -0.4 is 5.73 Å². The minimum Gasteiger partial charge on any atom is -0.396 e. The van der Waals surface area contributed by atoms with Crippen LogP contribution in [0.1, 0.15) is 23.8 Å². The van der Waals surface area contributed by atoms with Gasteiger partial charge in [0.05, 0.1) is 12.3 Å². The molecule has 0 spiro atoms. The number of aromatic nitrogens is 2. The number of nitrogens with two attached hydrogens (primary N) is 1. The van der Waals surface area contributed by atoms with Crippen molar-refractivity contribution in [2.45, 2.75) is 19.9 Å². The van der Waals surface area contributed by atoms with Gasteiger partial charge in [0.15, 0.2) is 5.69 Å². The standard InChI is InChI=1S/C14H27N5O2/c1-5-19-11-12(15)13(16-19)14(20)18(9-10-21-4)8-6-7-17(2)3/h11H,5-10,15H2,1-4H3. The number of ether oxygens (including phenoxy) is 1. The number of rotatable bonds is 9. The van der Waals surface area contributed by atoms with Gasteiger partial charge in [-0.3, -0.25) is 9.48 Å². The van der Waals surface area contributed by atoms with Gasteiger partial charge in [-0.05, 0) is 34.0 Å². The molecule has 0 bridgehead atoms. The lowest BCUT2D eigenvalue weighted by Gasteiger charge is -2.22. The van der Waals surface area contributed by atoms with E-state index in [1.807, 2.05) is 21.0 Å². The summed E-state index contributed by atoms with van der Waals surface area (Å²) in [6, 6.07) is 0. The molecule has 1 heterocycles. The first kappa shape index (κ1) is 17.5. The van der Waals surface area contributed by atoms with Gasteiger partial charge in [0.2, 0.25) is 0 Å². The van der Waals surface area contributed by atoms with Crippen LogP contribution in [-0.4, -0.2) is 72.9 Å². The second kappa shape index (κ2) is 8.63. The van der Waals surface area contributed by atoms with Gasteiger partial charge >= 0.3 is 0 Å². The number of hydrogen-bond donors (Lipinski definition) is 1. The summed E-state index contributed by atoms with van der Waals surface area (Å²) in [7, 11) is 5.66. The second-order valence-electron chi connectivity index (χ2n) is 5.23. The number of aryl methyl sites for hydroxylation is 1. The van der Waals surface area contributed by atoms with Crippen LogP contribution in [0.25, 0.3) is 0 Å². The maximum Gasteiger partial charge on any atom is 0.276 e. The molecule has 1 amide bonds. The molecule has 2 N–H and O–H groups in total. The topological polar surface area (TPSA) is 76.6 Å². The smallest absolute Gasteiger partial charge is 0.276 e. The van der Waals surface area contributed by atoms with E-state index >= 15 is 0 Å². The zero-order chi connectivity index (χ0) is 15.8. The molecule has 120 valence electrons. The molecule has 0 saturated heterocycles. The van der Waals surface area contributed by atoms with Gasteiger partial charge in [-0.25, -0.2) is 0 Å². The van der Waals surface area contributed by atoms with Gasteiger partial charge in [0.25, 0.3) is 5.91 Å². The number of anilines is 1. The highest BCUT2D eigenvalue weighted by Crippen LogP contribution is 2.12. The number of nitrogens with zero attached hydrogens (tertiary/aromatic N) is 4. The average molecular weight is 297 g/mol. The van der Waals surface area contributed by atoms with Crippen molar-refractivity contribution in [1.82, 2.24) is 19.6 Å². The number of hydrogen-bond acceptors (Lipinski definition) is 5. The first-order chi connectivity index (χ1) is 9.99. The predicted molar refractivity (Wildman–Crippen MR) is 83.3 cm³/mol. The summed E-state index contributed by atoms with van der Waals surface area (Å²) in [6.45, 7) is 5.29. The van der Waals surface area contributed by atoms with Crippen molar-refractivity contribution in [2.75, 3.05) is 53.2 Å². The molecule has 0 fully saturated rings. The monoisotopic (exact) mass is 297 g/mol. The molecule has 0 aliphatic rings. The molecule has 7 heteroatoms. The number of carbonyl (C=O) groups is 1. The fraction of sp³-hybridized carbons (Fsp3) is 0.714. The number of methoxy groups -OCH3 is 1. The Kier molecular flexibility index (Phi) is 7.18. The van der Waals surface area contributed by atoms with Crippen molar-refractivity contribution >= 4 is 11.6 Å². The van der Waals surface area contributed by atoms with Gasteiger partial charge in [-0.15, -0.1) is 0 Å². The third-order valence-corrected chi connectivity index (χ3v) is 3.20. The fourth-order valence-electron chi connectivity index (χ4n) is 2.01. The lowest BCUT2D eigenvalue weighted by atomic mass is 10.3. The average Bonchev–Trinajstić information content (AvgIpc) is 2.82. The molecule has 7 nitrogen and oxygen atoms in total. The van der Waals surface area contributed by atoms with E-state index in [1.165, 1.54) is 0 Å². The Morgan fingerprint density at radius 1 is 1.38 bits per heavy atom. The zero-order valence-electron chi connectivity index (χ0n) is 13.5. The van der Waals surface area contributed by atoms with Gasteiger partial charge < -0.3 is 20.3 Å². The number of carbonyl (C=O) groups excluding carboxylic acids is 1. The van der Waals surface area contributed by atoms with Crippen LogP contribution in [-0.2, 0) is 11.3 Å². The molecule has 1 aromatic rings. The fourth-order valence-corrected chi connectivity index (χ4v) is 2.01. The van der Waals surface area contributed by atoms with E-state index in [0.717, 1.165) is 13.0 Å². The highest BCUT2D eigenvalue weighted by Gasteiger charge is 2.21. The van der Waals surface area contributed by atoms with E-state index in [1.54, 1.807) is 22.9 Å². The van der Waals surface area contributed by atoms with Crippen molar-refractivity contribution in [3.05, 3.63) is 11.9 Å². The third-order valence-electron chi connectivity index (χ3n) is 3.20. The molecule has 1 rings (SSSR count). The second-order valence-corrected chi connectivity index (χ2v) is 5.23. The van der Waals surface area contributed by atoms with E-state index in [9.17, 15) is 4.79 Å². The Bertz CT molecular complexity index is 445. The molecule has 0 saturated carbocycles. The van der Waals surface area contributed by atoms with Crippen LogP contribution in [0.2, 0.25) is 0 Å². The minimum absolute atomic E-state index is 0.129. The summed E-state index contributed by atoms with van der Waals surface area (Å²) in [5.74, 6) is -0.129. The predicted octanol–water partition coefficient (Wildman–Crippen LogP) is 0.526. The van der Waals surface area contributed by atoms with Gasteiger partial charge in [0, 0.05) is 32.9 Å². The molecule has 0 aliphatic carbocycles. The summed E-state index contributed by atoms with van der Waals surface area (Å²) in [5, 5.41) is 4.25. The van der Waals surface area contributed by atoms with Crippen LogP contribution in [0.4, 0.5) is 5.69 Å². The third kappa shape index (κ3) is 5.35. The Hall–Kier alpha value is -1.60. The maximum atomic E-state index is 12.6. The zero-order valence-corrected chi connectivity index (χ0v) is 13.5. The Balaban J connectivity index is 2.75. The molecular formula is C14H27N5O2. The minimum atomic E-state index is -0.129. The summed E-state index contributed by atoms with van der Waals surface area (Å²) < 4.78 is 6.76. The van der Waals surface area contributed by atoms with E-state index < -0.39 is 0 Å². The summed E-state index contributed by atoms with van der Waals surface area (Å²) >= 11 is 0. The highest BCUT2D eigenvalue weighted by atomic mass is 16.5. The maximum absolute atomic E-state index is 12.6. The highest BCUT2D eigenvalue weighted by molar-refractivity contribution is 5.97. The molecule has 0 atom stereocenters. The number of amides is 1. The normalized spacial score (nSPS) is 11.1. The summed E-state index contributed by atoms with van der Waals surface area (Å²) in [4.78, 5) is 16.4. The van der Waals surface area contributed by atoms with Crippen molar-refractivity contribution in [1.29, 1.82) is 0 Å². The molecule has 1 aromatic heterocycles. The summed E-state index contributed by atoms with van der Waals surface area (Å²) in [6.07, 6.45) is 2.60. The van der Waals surface area contributed by atoms with E-state index in [4.69, 9.17) is 10.5 Å². The Labute approximate surface area is 126 Å². The van der Waals surface area contributed by atoms with Crippen molar-refractivity contribution in [3.8, 4) is 0 Å². The largest absolute Gasteiger partial charge is 0.396 e. The van der Waals surface area contributed by atoms with Crippen LogP contribution in [0.3, 0.4) is 0 Å². The van der Waals surface area contributed by atoms with Crippen LogP contribution in [0, 0.1) is 0 Å². The van der Waals surface area contributed by atoms with Crippen LogP contribution in [0.15, 0.2) is 6.20 Å². The Morgan fingerprint density at radius 3 is 2.62 bits per heavy atom. The first-order valence-electron chi connectivity index (χ1n) is 7.25. The summed E-state index contributed by atoms with van der Waals surface area (Å²) in [5.41, 5.74) is 6.65. The van der Waals surface area contributed by atoms with E-state index in [2.05, 4.69) is 10.00 Å². The molecule has 0 aromatic carbocycles. The molecule has 21 heavy (non-hydrogen) atoms. The van der Waals surface area contributed by atoms with Crippen LogP contribution >= 0.6 is 0 Å². The quantitative estimate of drug-likeness (QED) is 0.719. The van der Waals surface area contributed by atoms with Gasteiger partial charge in [-0.1, -0.05) is 0 Å².